The molecule has 0 saturated carbocycles. The SMILES string of the molecule is C#C[C@@H](C(=C)C)C(=O)OCc1ccccc1. The standard InChI is InChI=1S/C14H14O2/c1-4-13(11(2)3)14(15)16-10-12-8-6-5-7-9-12/h1,5-9,13H,2,10H2,3H3/t13-/m0/s1. The number of hydrogen-bond donors (Lipinski definition) is 0. The number of benzene rings is 1. The van der Waals surface area contributed by atoms with E-state index in [1.165, 1.54) is 0 Å². The Morgan fingerprint density at radius 2 is 2.12 bits per heavy atom. The van der Waals surface area contributed by atoms with Crippen molar-refractivity contribution in [3.05, 3.63) is 48.0 Å². The number of carbonyl (C=O) groups is 1. The summed E-state index contributed by atoms with van der Waals surface area (Å²) in [6.45, 7) is 5.62. The van der Waals surface area contributed by atoms with Crippen molar-refractivity contribution in [2.45, 2.75) is 13.5 Å². The molecule has 1 aromatic rings. The summed E-state index contributed by atoms with van der Waals surface area (Å²) in [4.78, 5) is 11.6. The van der Waals surface area contributed by atoms with E-state index in [4.69, 9.17) is 11.2 Å². The maximum absolute atomic E-state index is 11.6. The maximum atomic E-state index is 11.6. The van der Waals surface area contributed by atoms with Crippen molar-refractivity contribution < 1.29 is 9.53 Å². The van der Waals surface area contributed by atoms with E-state index < -0.39 is 11.9 Å². The summed E-state index contributed by atoms with van der Waals surface area (Å²) in [5.74, 6) is 1.30. The number of hydrogen-bond acceptors (Lipinski definition) is 2. The monoisotopic (exact) mass is 214 g/mol. The second kappa shape index (κ2) is 5.77. The van der Waals surface area contributed by atoms with Gasteiger partial charge in [0.2, 0.25) is 0 Å². The van der Waals surface area contributed by atoms with Gasteiger partial charge in [0.15, 0.2) is 0 Å². The van der Waals surface area contributed by atoms with Crippen LogP contribution in [-0.4, -0.2) is 5.97 Å². The Bertz CT molecular complexity index is 412. The Morgan fingerprint density at radius 1 is 1.50 bits per heavy atom. The van der Waals surface area contributed by atoms with Crippen LogP contribution in [0.2, 0.25) is 0 Å². The van der Waals surface area contributed by atoms with Gasteiger partial charge in [-0.15, -0.1) is 6.42 Å². The van der Waals surface area contributed by atoms with Gasteiger partial charge in [0.1, 0.15) is 12.5 Å². The summed E-state index contributed by atoms with van der Waals surface area (Å²) in [6.07, 6.45) is 5.23. The molecule has 0 heterocycles. The van der Waals surface area contributed by atoms with Gasteiger partial charge in [0.05, 0.1) is 0 Å². The van der Waals surface area contributed by atoms with Gasteiger partial charge in [-0.1, -0.05) is 48.4 Å². The highest BCUT2D eigenvalue weighted by Gasteiger charge is 2.17. The highest BCUT2D eigenvalue weighted by molar-refractivity contribution is 5.78. The Kier molecular flexibility index (Phi) is 4.35. The molecule has 2 nitrogen and oxygen atoms in total. The minimum Gasteiger partial charge on any atom is -0.460 e. The zero-order chi connectivity index (χ0) is 12.0. The highest BCUT2D eigenvalue weighted by atomic mass is 16.5. The first-order valence-electron chi connectivity index (χ1n) is 4.97. The molecule has 82 valence electrons. The lowest BCUT2D eigenvalue weighted by molar-refractivity contribution is -0.146. The Morgan fingerprint density at radius 3 is 2.62 bits per heavy atom. The van der Waals surface area contributed by atoms with Crippen LogP contribution in [0.15, 0.2) is 42.5 Å². The van der Waals surface area contributed by atoms with Crippen LogP contribution in [0.1, 0.15) is 12.5 Å². The first-order valence-corrected chi connectivity index (χ1v) is 4.97. The van der Waals surface area contributed by atoms with Gasteiger partial charge in [-0.2, -0.15) is 0 Å². The molecule has 0 fully saturated rings. The third kappa shape index (κ3) is 3.29. The van der Waals surface area contributed by atoms with Crippen LogP contribution in [0, 0.1) is 18.3 Å². The molecule has 0 N–H and O–H groups in total. The maximum Gasteiger partial charge on any atom is 0.325 e. The molecule has 1 aromatic carbocycles. The molecule has 0 amide bonds. The largest absolute Gasteiger partial charge is 0.460 e. The number of terminal acetylenes is 1. The molecule has 0 aliphatic carbocycles. The fourth-order valence-electron chi connectivity index (χ4n) is 1.22. The lowest BCUT2D eigenvalue weighted by Gasteiger charge is -2.10. The van der Waals surface area contributed by atoms with E-state index in [0.717, 1.165) is 5.56 Å². The van der Waals surface area contributed by atoms with Crippen molar-refractivity contribution in [3.63, 3.8) is 0 Å². The van der Waals surface area contributed by atoms with Crippen molar-refractivity contribution in [2.24, 2.45) is 5.92 Å². The lowest BCUT2D eigenvalue weighted by atomic mass is 10.0. The molecular weight excluding hydrogens is 200 g/mol. The molecular formula is C14H14O2. The number of ether oxygens (including phenoxy) is 1. The van der Waals surface area contributed by atoms with Crippen molar-refractivity contribution >= 4 is 5.97 Å². The van der Waals surface area contributed by atoms with Crippen LogP contribution in [0.25, 0.3) is 0 Å². The lowest BCUT2D eigenvalue weighted by Crippen LogP contribution is -2.16. The molecule has 0 radical (unpaired) electrons. The van der Waals surface area contributed by atoms with Gasteiger partial charge in [-0.3, -0.25) is 4.79 Å². The molecule has 0 spiro atoms. The van der Waals surface area contributed by atoms with E-state index in [1.54, 1.807) is 6.92 Å². The number of rotatable bonds is 4. The zero-order valence-electron chi connectivity index (χ0n) is 9.27. The quantitative estimate of drug-likeness (QED) is 0.437. The minimum absolute atomic E-state index is 0.241. The molecule has 0 aliphatic heterocycles. The van der Waals surface area contributed by atoms with Crippen LogP contribution in [0.5, 0.6) is 0 Å². The molecule has 0 aromatic heterocycles. The average molecular weight is 214 g/mol. The summed E-state index contributed by atoms with van der Waals surface area (Å²) >= 11 is 0. The Hall–Kier alpha value is -2.01. The number of esters is 1. The second-order valence-corrected chi connectivity index (χ2v) is 3.54. The predicted octanol–water partition coefficient (Wildman–Crippen LogP) is 2.56. The molecule has 16 heavy (non-hydrogen) atoms. The molecule has 1 rings (SSSR count). The number of carbonyl (C=O) groups excluding carboxylic acids is 1. The average Bonchev–Trinajstić information content (AvgIpc) is 2.28. The van der Waals surface area contributed by atoms with E-state index in [9.17, 15) is 4.79 Å². The molecule has 1 atom stereocenters. The highest BCUT2D eigenvalue weighted by Crippen LogP contribution is 2.10. The van der Waals surface area contributed by atoms with Gasteiger partial charge in [0.25, 0.3) is 0 Å². The molecule has 0 aliphatic rings. The molecule has 0 unspecified atom stereocenters. The first kappa shape index (κ1) is 12.1. The van der Waals surface area contributed by atoms with Crippen LogP contribution in [0.4, 0.5) is 0 Å². The summed E-state index contributed by atoms with van der Waals surface area (Å²) < 4.78 is 5.10. The van der Waals surface area contributed by atoms with Crippen molar-refractivity contribution in [3.8, 4) is 12.3 Å². The topological polar surface area (TPSA) is 26.3 Å². The molecule has 2 heteroatoms. The smallest absolute Gasteiger partial charge is 0.325 e. The second-order valence-electron chi connectivity index (χ2n) is 3.54. The van der Waals surface area contributed by atoms with Gasteiger partial charge in [-0.25, -0.2) is 0 Å². The third-order valence-corrected chi connectivity index (χ3v) is 2.12. The van der Waals surface area contributed by atoms with Gasteiger partial charge in [-0.05, 0) is 12.5 Å². The van der Waals surface area contributed by atoms with E-state index in [2.05, 4.69) is 12.5 Å². The van der Waals surface area contributed by atoms with Crippen molar-refractivity contribution in [2.75, 3.05) is 0 Å². The fraction of sp³-hybridized carbons (Fsp3) is 0.214. The molecule has 0 bridgehead atoms. The Balaban J connectivity index is 2.54. The van der Waals surface area contributed by atoms with Crippen molar-refractivity contribution in [1.29, 1.82) is 0 Å². The van der Waals surface area contributed by atoms with Crippen LogP contribution < -0.4 is 0 Å². The van der Waals surface area contributed by atoms with Gasteiger partial charge < -0.3 is 4.74 Å². The van der Waals surface area contributed by atoms with E-state index >= 15 is 0 Å². The minimum atomic E-state index is -0.649. The zero-order valence-corrected chi connectivity index (χ0v) is 9.27. The van der Waals surface area contributed by atoms with Gasteiger partial charge in [0, 0.05) is 0 Å². The Labute approximate surface area is 95.9 Å². The summed E-state index contributed by atoms with van der Waals surface area (Å²) in [7, 11) is 0. The normalized spacial score (nSPS) is 11.2. The van der Waals surface area contributed by atoms with Crippen molar-refractivity contribution in [1.82, 2.24) is 0 Å². The van der Waals surface area contributed by atoms with E-state index in [1.807, 2.05) is 30.3 Å². The summed E-state index contributed by atoms with van der Waals surface area (Å²) in [5, 5.41) is 0. The van der Waals surface area contributed by atoms with Gasteiger partial charge >= 0.3 is 5.97 Å². The fourth-order valence-corrected chi connectivity index (χ4v) is 1.22. The summed E-state index contributed by atoms with van der Waals surface area (Å²) in [5.41, 5.74) is 1.56. The third-order valence-electron chi connectivity index (χ3n) is 2.12. The first-order chi connectivity index (χ1) is 7.65. The molecule has 0 saturated heterocycles. The van der Waals surface area contributed by atoms with Crippen LogP contribution >= 0.6 is 0 Å². The van der Waals surface area contributed by atoms with E-state index in [0.29, 0.717) is 5.57 Å². The van der Waals surface area contributed by atoms with Crippen LogP contribution in [-0.2, 0) is 16.1 Å². The van der Waals surface area contributed by atoms with Crippen LogP contribution in [0.3, 0.4) is 0 Å². The van der Waals surface area contributed by atoms with E-state index in [-0.39, 0.29) is 6.61 Å². The predicted molar refractivity (Wildman–Crippen MR) is 63.4 cm³/mol. The summed E-state index contributed by atoms with van der Waals surface area (Å²) in [6, 6.07) is 9.46.